The number of hydrogen-bond acceptors (Lipinski definition) is 4. The SMILES string of the molecule is O=C(CCSc1ccccc1)N1CC(Oc2ccc3ccccc3n2)C1. The van der Waals surface area contributed by atoms with Crippen LogP contribution in [0.4, 0.5) is 0 Å². The highest BCUT2D eigenvalue weighted by atomic mass is 32.2. The summed E-state index contributed by atoms with van der Waals surface area (Å²) < 4.78 is 5.90. The fourth-order valence-corrected chi connectivity index (χ4v) is 3.79. The third-order valence-electron chi connectivity index (χ3n) is 4.39. The average Bonchev–Trinajstić information content (AvgIpc) is 2.65. The Morgan fingerprint density at radius 3 is 2.65 bits per heavy atom. The highest BCUT2D eigenvalue weighted by Gasteiger charge is 2.32. The number of para-hydroxylation sites is 1. The molecule has 5 heteroatoms. The van der Waals surface area contributed by atoms with Crippen molar-refractivity contribution in [2.75, 3.05) is 18.8 Å². The van der Waals surface area contributed by atoms with Gasteiger partial charge in [0.15, 0.2) is 0 Å². The Bertz CT molecular complexity index is 895. The first-order valence-electron chi connectivity index (χ1n) is 8.76. The summed E-state index contributed by atoms with van der Waals surface area (Å²) in [6.45, 7) is 1.28. The molecule has 2 aromatic carbocycles. The van der Waals surface area contributed by atoms with E-state index in [1.165, 1.54) is 4.90 Å². The van der Waals surface area contributed by atoms with Gasteiger partial charge in [-0.3, -0.25) is 4.79 Å². The van der Waals surface area contributed by atoms with Gasteiger partial charge in [-0.05, 0) is 24.3 Å². The van der Waals surface area contributed by atoms with Crippen LogP contribution in [0.1, 0.15) is 6.42 Å². The van der Waals surface area contributed by atoms with Crippen LogP contribution >= 0.6 is 11.8 Å². The van der Waals surface area contributed by atoms with Crippen molar-refractivity contribution in [2.24, 2.45) is 0 Å². The molecule has 1 aromatic heterocycles. The Kier molecular flexibility index (Phi) is 5.07. The lowest BCUT2D eigenvalue weighted by Crippen LogP contribution is -2.56. The van der Waals surface area contributed by atoms with Crippen LogP contribution in [0, 0.1) is 0 Å². The number of pyridine rings is 1. The second-order valence-corrected chi connectivity index (χ2v) is 7.46. The normalized spacial score (nSPS) is 14.2. The molecule has 1 saturated heterocycles. The van der Waals surface area contributed by atoms with Gasteiger partial charge >= 0.3 is 0 Å². The molecule has 0 unspecified atom stereocenters. The summed E-state index contributed by atoms with van der Waals surface area (Å²) in [5, 5.41) is 1.10. The lowest BCUT2D eigenvalue weighted by atomic mass is 10.1. The average molecular weight is 364 g/mol. The maximum Gasteiger partial charge on any atom is 0.223 e. The maximum atomic E-state index is 12.2. The van der Waals surface area contributed by atoms with E-state index < -0.39 is 0 Å². The van der Waals surface area contributed by atoms with Gasteiger partial charge in [0.2, 0.25) is 11.8 Å². The monoisotopic (exact) mass is 364 g/mol. The highest BCUT2D eigenvalue weighted by Crippen LogP contribution is 2.22. The van der Waals surface area contributed by atoms with Crippen LogP contribution in [0.15, 0.2) is 71.6 Å². The maximum absolute atomic E-state index is 12.2. The van der Waals surface area contributed by atoms with E-state index in [4.69, 9.17) is 4.74 Å². The zero-order valence-electron chi connectivity index (χ0n) is 14.4. The van der Waals surface area contributed by atoms with E-state index >= 15 is 0 Å². The first kappa shape index (κ1) is 16.9. The molecule has 3 aromatic rings. The Morgan fingerprint density at radius 2 is 1.81 bits per heavy atom. The molecular formula is C21H20N2O2S. The molecule has 1 aliphatic rings. The number of thioether (sulfide) groups is 1. The number of aromatic nitrogens is 1. The zero-order chi connectivity index (χ0) is 17.8. The molecule has 0 bridgehead atoms. The Balaban J connectivity index is 1.22. The van der Waals surface area contributed by atoms with Crippen LogP contribution in [-0.4, -0.2) is 40.7 Å². The largest absolute Gasteiger partial charge is 0.471 e. The topological polar surface area (TPSA) is 42.4 Å². The Hall–Kier alpha value is -2.53. The highest BCUT2D eigenvalue weighted by molar-refractivity contribution is 7.99. The van der Waals surface area contributed by atoms with Crippen LogP contribution in [-0.2, 0) is 4.79 Å². The third-order valence-corrected chi connectivity index (χ3v) is 5.40. The number of rotatable bonds is 6. The smallest absolute Gasteiger partial charge is 0.223 e. The van der Waals surface area contributed by atoms with E-state index in [0.717, 1.165) is 16.7 Å². The summed E-state index contributed by atoms with van der Waals surface area (Å²) in [6.07, 6.45) is 0.593. The minimum atomic E-state index is 0.0365. The molecule has 0 spiro atoms. The minimum absolute atomic E-state index is 0.0365. The first-order valence-corrected chi connectivity index (χ1v) is 9.74. The number of fused-ring (bicyclic) bond motifs is 1. The number of nitrogens with zero attached hydrogens (tertiary/aromatic N) is 2. The molecule has 1 fully saturated rings. The van der Waals surface area contributed by atoms with Crippen molar-refractivity contribution in [3.05, 3.63) is 66.7 Å². The fraction of sp³-hybridized carbons (Fsp3) is 0.238. The van der Waals surface area contributed by atoms with Crippen LogP contribution in [0.25, 0.3) is 10.9 Å². The second-order valence-electron chi connectivity index (χ2n) is 6.29. The summed E-state index contributed by atoms with van der Waals surface area (Å²) in [6, 6.07) is 22.0. The Labute approximate surface area is 157 Å². The van der Waals surface area contributed by atoms with Crippen molar-refractivity contribution >= 4 is 28.6 Å². The Morgan fingerprint density at radius 1 is 1.04 bits per heavy atom. The van der Waals surface area contributed by atoms with E-state index in [-0.39, 0.29) is 12.0 Å². The molecule has 0 radical (unpaired) electrons. The molecule has 1 amide bonds. The van der Waals surface area contributed by atoms with Gasteiger partial charge in [0, 0.05) is 28.5 Å². The molecule has 132 valence electrons. The summed E-state index contributed by atoms with van der Waals surface area (Å²) in [5.41, 5.74) is 0.926. The van der Waals surface area contributed by atoms with Crippen molar-refractivity contribution in [1.82, 2.24) is 9.88 Å². The number of carbonyl (C=O) groups is 1. The van der Waals surface area contributed by atoms with Gasteiger partial charge in [0.25, 0.3) is 0 Å². The molecule has 4 nitrogen and oxygen atoms in total. The number of carbonyl (C=O) groups excluding carboxylic acids is 1. The number of ether oxygens (including phenoxy) is 1. The molecule has 0 atom stereocenters. The van der Waals surface area contributed by atoms with Gasteiger partial charge in [-0.15, -0.1) is 11.8 Å². The summed E-state index contributed by atoms with van der Waals surface area (Å²) in [7, 11) is 0. The summed E-state index contributed by atoms with van der Waals surface area (Å²) >= 11 is 1.72. The van der Waals surface area contributed by atoms with Crippen molar-refractivity contribution in [3.63, 3.8) is 0 Å². The molecule has 1 aliphatic heterocycles. The van der Waals surface area contributed by atoms with Gasteiger partial charge in [0.1, 0.15) is 6.10 Å². The van der Waals surface area contributed by atoms with E-state index in [0.29, 0.717) is 25.4 Å². The van der Waals surface area contributed by atoms with Crippen molar-refractivity contribution in [1.29, 1.82) is 0 Å². The molecule has 0 N–H and O–H groups in total. The second kappa shape index (κ2) is 7.79. The number of likely N-dealkylation sites (tertiary alicyclic amines) is 1. The molecule has 0 aliphatic carbocycles. The van der Waals surface area contributed by atoms with Gasteiger partial charge < -0.3 is 9.64 Å². The first-order chi connectivity index (χ1) is 12.8. The van der Waals surface area contributed by atoms with Gasteiger partial charge in [-0.1, -0.05) is 36.4 Å². The van der Waals surface area contributed by atoms with Crippen molar-refractivity contribution in [2.45, 2.75) is 17.4 Å². The molecule has 4 rings (SSSR count). The predicted molar refractivity (Wildman–Crippen MR) is 105 cm³/mol. The number of amides is 1. The quantitative estimate of drug-likeness (QED) is 0.620. The molecule has 2 heterocycles. The van der Waals surface area contributed by atoms with Crippen LogP contribution in [0.3, 0.4) is 0 Å². The number of hydrogen-bond donors (Lipinski definition) is 0. The van der Waals surface area contributed by atoms with Crippen molar-refractivity contribution < 1.29 is 9.53 Å². The lowest BCUT2D eigenvalue weighted by Gasteiger charge is -2.38. The van der Waals surface area contributed by atoms with Crippen LogP contribution < -0.4 is 4.74 Å². The molecular weight excluding hydrogens is 344 g/mol. The summed E-state index contributed by atoms with van der Waals surface area (Å²) in [4.78, 5) is 19.8. The summed E-state index contributed by atoms with van der Waals surface area (Å²) in [5.74, 6) is 1.62. The van der Waals surface area contributed by atoms with E-state index in [1.54, 1.807) is 11.8 Å². The van der Waals surface area contributed by atoms with Gasteiger partial charge in [-0.2, -0.15) is 0 Å². The zero-order valence-corrected chi connectivity index (χ0v) is 15.2. The van der Waals surface area contributed by atoms with Crippen molar-refractivity contribution in [3.8, 4) is 5.88 Å². The predicted octanol–water partition coefficient (Wildman–Crippen LogP) is 4.01. The minimum Gasteiger partial charge on any atom is -0.471 e. The van der Waals surface area contributed by atoms with E-state index in [2.05, 4.69) is 17.1 Å². The van der Waals surface area contributed by atoms with Crippen LogP contribution in [0.5, 0.6) is 5.88 Å². The van der Waals surface area contributed by atoms with E-state index in [1.807, 2.05) is 59.5 Å². The van der Waals surface area contributed by atoms with Gasteiger partial charge in [-0.25, -0.2) is 4.98 Å². The molecule has 26 heavy (non-hydrogen) atoms. The standard InChI is InChI=1S/C21H20N2O2S/c24-21(12-13-26-18-7-2-1-3-8-18)23-14-17(15-23)25-20-11-10-16-6-4-5-9-19(16)22-20/h1-11,17H,12-15H2. The lowest BCUT2D eigenvalue weighted by molar-refractivity contribution is -0.139. The third kappa shape index (κ3) is 3.99. The van der Waals surface area contributed by atoms with Gasteiger partial charge in [0.05, 0.1) is 18.6 Å². The molecule has 0 saturated carbocycles. The number of benzene rings is 2. The fourth-order valence-electron chi connectivity index (χ4n) is 2.93. The van der Waals surface area contributed by atoms with Crippen LogP contribution in [0.2, 0.25) is 0 Å². The van der Waals surface area contributed by atoms with E-state index in [9.17, 15) is 4.79 Å².